The zero-order chi connectivity index (χ0) is 14.9. The van der Waals surface area contributed by atoms with Crippen molar-refractivity contribution < 1.29 is 12.9 Å². The van der Waals surface area contributed by atoms with Gasteiger partial charge in [-0.3, -0.25) is 0 Å². The highest BCUT2D eigenvalue weighted by Crippen LogP contribution is 2.23. The van der Waals surface area contributed by atoms with E-state index in [-0.39, 0.29) is 17.3 Å². The van der Waals surface area contributed by atoms with Crippen LogP contribution in [0.1, 0.15) is 29.4 Å². The molecule has 7 nitrogen and oxygen atoms in total. The molecule has 114 valence electrons. The van der Waals surface area contributed by atoms with Crippen LogP contribution in [0.15, 0.2) is 20.9 Å². The van der Waals surface area contributed by atoms with Crippen LogP contribution in [0.2, 0.25) is 0 Å². The molecule has 1 saturated carbocycles. The average molecular weight is 328 g/mol. The minimum Gasteiger partial charge on any atom is -0.338 e. The predicted octanol–water partition coefficient (Wildman–Crippen LogP) is 1.17. The number of nitrogens with zero attached hydrogens (tertiary/aromatic N) is 2. The molecule has 2 heterocycles. The summed E-state index contributed by atoms with van der Waals surface area (Å²) in [6.45, 7) is 2.39. The van der Waals surface area contributed by atoms with Gasteiger partial charge in [-0.05, 0) is 25.8 Å². The van der Waals surface area contributed by atoms with Gasteiger partial charge in [0.15, 0.2) is 5.82 Å². The highest BCUT2D eigenvalue weighted by molar-refractivity contribution is 7.89. The molecule has 1 aliphatic carbocycles. The quantitative estimate of drug-likeness (QED) is 0.792. The second-order valence-corrected chi connectivity index (χ2v) is 7.73. The predicted molar refractivity (Wildman–Crippen MR) is 77.2 cm³/mol. The van der Waals surface area contributed by atoms with Crippen LogP contribution in [0.4, 0.5) is 0 Å². The lowest BCUT2D eigenvalue weighted by Gasteiger charge is -2.01. The van der Waals surface area contributed by atoms with Crippen molar-refractivity contribution in [3.05, 3.63) is 28.0 Å². The first-order chi connectivity index (χ1) is 10.0. The van der Waals surface area contributed by atoms with Gasteiger partial charge in [0, 0.05) is 22.8 Å². The van der Waals surface area contributed by atoms with Gasteiger partial charge >= 0.3 is 0 Å². The maximum Gasteiger partial charge on any atom is 0.241 e. The van der Waals surface area contributed by atoms with Crippen molar-refractivity contribution in [3.8, 4) is 0 Å². The summed E-state index contributed by atoms with van der Waals surface area (Å²) in [4.78, 5) is 5.24. The number of nitrogens with one attached hydrogen (secondary N) is 2. The summed E-state index contributed by atoms with van der Waals surface area (Å²) in [5, 5.41) is 8.62. The molecule has 9 heteroatoms. The van der Waals surface area contributed by atoms with Crippen LogP contribution in [-0.4, -0.2) is 24.6 Å². The van der Waals surface area contributed by atoms with Crippen molar-refractivity contribution in [3.63, 3.8) is 0 Å². The Morgan fingerprint density at radius 3 is 2.90 bits per heavy atom. The number of sulfonamides is 1. The molecule has 3 rings (SSSR count). The van der Waals surface area contributed by atoms with E-state index in [1.165, 1.54) is 24.2 Å². The number of thiophene rings is 1. The monoisotopic (exact) mass is 328 g/mol. The van der Waals surface area contributed by atoms with Crippen molar-refractivity contribution in [2.24, 2.45) is 0 Å². The van der Waals surface area contributed by atoms with E-state index >= 15 is 0 Å². The average Bonchev–Trinajstić information content (AvgIpc) is 2.97. The van der Waals surface area contributed by atoms with Gasteiger partial charge < -0.3 is 9.84 Å². The summed E-state index contributed by atoms with van der Waals surface area (Å²) < 4.78 is 31.7. The molecule has 0 atom stereocenters. The molecule has 0 aromatic carbocycles. The maximum absolute atomic E-state index is 12.2. The lowest BCUT2D eigenvalue weighted by Crippen LogP contribution is -2.23. The van der Waals surface area contributed by atoms with Crippen LogP contribution in [0.5, 0.6) is 0 Å². The molecule has 1 fully saturated rings. The van der Waals surface area contributed by atoms with Crippen molar-refractivity contribution >= 4 is 21.4 Å². The first-order valence-corrected chi connectivity index (χ1v) is 8.99. The van der Waals surface area contributed by atoms with Gasteiger partial charge in [0.25, 0.3) is 0 Å². The van der Waals surface area contributed by atoms with E-state index in [0.717, 1.165) is 4.88 Å². The van der Waals surface area contributed by atoms with E-state index in [1.807, 2.05) is 0 Å². The van der Waals surface area contributed by atoms with Crippen LogP contribution in [0, 0.1) is 6.92 Å². The van der Waals surface area contributed by atoms with Gasteiger partial charge in [0.05, 0.1) is 11.4 Å². The van der Waals surface area contributed by atoms with Gasteiger partial charge in [-0.2, -0.15) is 4.98 Å². The van der Waals surface area contributed by atoms with Gasteiger partial charge in [0.2, 0.25) is 15.9 Å². The summed E-state index contributed by atoms with van der Waals surface area (Å²) in [5.41, 5.74) is 0. The zero-order valence-electron chi connectivity index (χ0n) is 11.5. The van der Waals surface area contributed by atoms with Gasteiger partial charge in [0.1, 0.15) is 0 Å². The summed E-state index contributed by atoms with van der Waals surface area (Å²) in [6, 6.07) is 2.30. The summed E-state index contributed by atoms with van der Waals surface area (Å²) >= 11 is 1.44. The number of aryl methyl sites for hydroxylation is 1. The van der Waals surface area contributed by atoms with Crippen molar-refractivity contribution in [2.75, 3.05) is 0 Å². The second kappa shape index (κ2) is 5.84. The lowest BCUT2D eigenvalue weighted by molar-refractivity contribution is 0.372. The number of hydrogen-bond acceptors (Lipinski definition) is 7. The fourth-order valence-corrected chi connectivity index (χ4v) is 3.98. The molecule has 2 aromatic rings. The van der Waals surface area contributed by atoms with Crippen LogP contribution in [0.3, 0.4) is 0 Å². The Labute approximate surface area is 126 Å². The Morgan fingerprint density at radius 2 is 2.24 bits per heavy atom. The zero-order valence-corrected chi connectivity index (χ0v) is 13.1. The SMILES string of the molecule is Cc1noc(CNS(=O)(=O)c2csc(CNC3CC3)c2)n1. The molecule has 1 aliphatic rings. The van der Waals surface area contributed by atoms with E-state index in [9.17, 15) is 8.42 Å². The third-order valence-electron chi connectivity index (χ3n) is 3.07. The van der Waals surface area contributed by atoms with Crippen LogP contribution >= 0.6 is 11.3 Å². The summed E-state index contributed by atoms with van der Waals surface area (Å²) in [6.07, 6.45) is 2.42. The molecule has 21 heavy (non-hydrogen) atoms. The van der Waals surface area contributed by atoms with E-state index < -0.39 is 10.0 Å². The number of aromatic nitrogens is 2. The minimum absolute atomic E-state index is 0.00528. The normalized spacial score (nSPS) is 15.5. The first-order valence-electron chi connectivity index (χ1n) is 6.62. The Hall–Kier alpha value is -1.29. The Bertz CT molecular complexity index is 718. The molecular formula is C12H16N4O3S2. The largest absolute Gasteiger partial charge is 0.338 e. The number of rotatable bonds is 7. The fourth-order valence-electron chi connectivity index (χ4n) is 1.78. The van der Waals surface area contributed by atoms with Gasteiger partial charge in [-0.25, -0.2) is 13.1 Å². The second-order valence-electron chi connectivity index (χ2n) is 4.96. The molecule has 0 bridgehead atoms. The molecule has 2 aromatic heterocycles. The molecule has 0 aliphatic heterocycles. The third kappa shape index (κ3) is 3.88. The minimum atomic E-state index is -3.55. The highest BCUT2D eigenvalue weighted by atomic mass is 32.2. The van der Waals surface area contributed by atoms with Gasteiger partial charge in [-0.15, -0.1) is 11.3 Å². The van der Waals surface area contributed by atoms with E-state index in [1.54, 1.807) is 18.4 Å². The molecule has 0 radical (unpaired) electrons. The fraction of sp³-hybridized carbons (Fsp3) is 0.500. The first kappa shape index (κ1) is 14.6. The molecular weight excluding hydrogens is 312 g/mol. The van der Waals surface area contributed by atoms with Gasteiger partial charge in [-0.1, -0.05) is 5.16 Å². The molecule has 0 spiro atoms. The van der Waals surface area contributed by atoms with Crippen molar-refractivity contribution in [2.45, 2.75) is 43.8 Å². The summed E-state index contributed by atoms with van der Waals surface area (Å²) in [5.74, 6) is 0.732. The number of hydrogen-bond donors (Lipinski definition) is 2. The smallest absolute Gasteiger partial charge is 0.241 e. The summed E-state index contributed by atoms with van der Waals surface area (Å²) in [7, 11) is -3.55. The molecule has 0 unspecified atom stereocenters. The lowest BCUT2D eigenvalue weighted by atomic mass is 10.4. The van der Waals surface area contributed by atoms with E-state index in [0.29, 0.717) is 18.4 Å². The molecule has 0 saturated heterocycles. The third-order valence-corrected chi connectivity index (χ3v) is 5.53. The van der Waals surface area contributed by atoms with Crippen molar-refractivity contribution in [1.82, 2.24) is 20.2 Å². The Balaban J connectivity index is 1.60. The molecule has 0 amide bonds. The maximum atomic E-state index is 12.2. The van der Waals surface area contributed by atoms with E-state index in [2.05, 4.69) is 20.2 Å². The topological polar surface area (TPSA) is 97.1 Å². The van der Waals surface area contributed by atoms with Crippen LogP contribution in [0.25, 0.3) is 0 Å². The highest BCUT2D eigenvalue weighted by Gasteiger charge is 2.21. The van der Waals surface area contributed by atoms with E-state index in [4.69, 9.17) is 4.52 Å². The van der Waals surface area contributed by atoms with Crippen LogP contribution in [-0.2, 0) is 23.1 Å². The van der Waals surface area contributed by atoms with Crippen molar-refractivity contribution in [1.29, 1.82) is 0 Å². The Morgan fingerprint density at radius 1 is 1.43 bits per heavy atom. The standard InChI is InChI=1S/C12H16N4O3S2/c1-8-15-12(19-16-8)6-14-21(17,18)11-4-10(20-7-11)5-13-9-2-3-9/h4,7,9,13-14H,2-3,5-6H2,1H3. The molecule has 2 N–H and O–H groups in total. The van der Waals surface area contributed by atoms with Crippen LogP contribution < -0.4 is 10.0 Å². The Kier molecular flexibility index (Phi) is 4.07.